The van der Waals surface area contributed by atoms with Gasteiger partial charge in [-0.25, -0.2) is 4.39 Å². The second-order valence-corrected chi connectivity index (χ2v) is 6.41. The average molecular weight is 292 g/mol. The summed E-state index contributed by atoms with van der Waals surface area (Å²) in [5.74, 6) is 0.668. The van der Waals surface area contributed by atoms with Gasteiger partial charge in [0.25, 0.3) is 0 Å². The molecule has 1 aliphatic carbocycles. The molecule has 0 bridgehead atoms. The molecule has 0 spiro atoms. The van der Waals surface area contributed by atoms with Crippen molar-refractivity contribution >= 4 is 0 Å². The second-order valence-electron chi connectivity index (χ2n) is 6.41. The highest BCUT2D eigenvalue weighted by Crippen LogP contribution is 2.32. The number of halogens is 1. The normalized spacial score (nSPS) is 19.3. The first-order chi connectivity index (χ1) is 10.1. The molecular weight excluding hydrogens is 263 g/mol. The zero-order valence-corrected chi connectivity index (χ0v) is 13.8. The van der Waals surface area contributed by atoms with Crippen LogP contribution in [0, 0.1) is 11.7 Å². The van der Waals surface area contributed by atoms with Crippen LogP contribution in [-0.2, 0) is 6.42 Å². The number of fused-ring (bicyclic) bond motifs is 1. The van der Waals surface area contributed by atoms with Crippen LogP contribution in [0.3, 0.4) is 0 Å². The number of rotatable bonds is 7. The van der Waals surface area contributed by atoms with E-state index >= 15 is 0 Å². The quantitative estimate of drug-likeness (QED) is 0.823. The van der Waals surface area contributed by atoms with Gasteiger partial charge in [0.05, 0.1) is 0 Å². The van der Waals surface area contributed by atoms with Gasteiger partial charge in [0, 0.05) is 18.6 Å². The Balaban J connectivity index is 2.02. The lowest BCUT2D eigenvalue weighted by molar-refractivity contribution is 0.189. The molecule has 2 rings (SSSR count). The molecule has 2 nitrogen and oxygen atoms in total. The lowest BCUT2D eigenvalue weighted by Gasteiger charge is -2.32. The molecule has 21 heavy (non-hydrogen) atoms. The largest absolute Gasteiger partial charge is 0.308 e. The predicted octanol–water partition coefficient (Wildman–Crippen LogP) is 3.77. The standard InChI is InChI=1S/C18H29FN2/c1-5-13(6-2)18(21(3)4)12-20-17-11-10-14-15(17)8-7-9-16(14)19/h7-9,13,17-18,20H,5-6,10-12H2,1-4H3. The van der Waals surface area contributed by atoms with Crippen molar-refractivity contribution in [3.8, 4) is 0 Å². The Hall–Kier alpha value is -0.930. The van der Waals surface area contributed by atoms with Crippen molar-refractivity contribution in [1.29, 1.82) is 0 Å². The number of likely N-dealkylation sites (N-methyl/N-ethyl adjacent to an activating group) is 1. The molecule has 0 fully saturated rings. The molecule has 0 saturated heterocycles. The lowest BCUT2D eigenvalue weighted by Crippen LogP contribution is -2.43. The maximum Gasteiger partial charge on any atom is 0.126 e. The molecule has 0 aromatic heterocycles. The molecule has 0 aliphatic heterocycles. The summed E-state index contributed by atoms with van der Waals surface area (Å²) < 4.78 is 13.8. The fourth-order valence-corrected chi connectivity index (χ4v) is 3.69. The Labute approximate surface area is 128 Å². The van der Waals surface area contributed by atoms with Gasteiger partial charge in [0.15, 0.2) is 0 Å². The van der Waals surface area contributed by atoms with Gasteiger partial charge in [-0.2, -0.15) is 0 Å². The number of hydrogen-bond donors (Lipinski definition) is 1. The summed E-state index contributed by atoms with van der Waals surface area (Å²) in [4.78, 5) is 2.33. The highest BCUT2D eigenvalue weighted by molar-refractivity contribution is 5.35. The van der Waals surface area contributed by atoms with Crippen molar-refractivity contribution < 1.29 is 4.39 Å². The fourth-order valence-electron chi connectivity index (χ4n) is 3.69. The van der Waals surface area contributed by atoms with Crippen LogP contribution in [0.2, 0.25) is 0 Å². The Morgan fingerprint density at radius 1 is 1.29 bits per heavy atom. The molecular formula is C18H29FN2. The molecule has 3 heteroatoms. The van der Waals surface area contributed by atoms with E-state index in [1.807, 2.05) is 6.07 Å². The third-order valence-electron chi connectivity index (χ3n) is 5.04. The zero-order valence-electron chi connectivity index (χ0n) is 13.8. The number of benzene rings is 1. The van der Waals surface area contributed by atoms with Crippen molar-refractivity contribution in [2.24, 2.45) is 5.92 Å². The van der Waals surface area contributed by atoms with Crippen LogP contribution < -0.4 is 5.32 Å². The van der Waals surface area contributed by atoms with Gasteiger partial charge in [-0.3, -0.25) is 0 Å². The Morgan fingerprint density at radius 3 is 2.62 bits per heavy atom. The first-order valence-corrected chi connectivity index (χ1v) is 8.25. The van der Waals surface area contributed by atoms with Gasteiger partial charge in [0.2, 0.25) is 0 Å². The summed E-state index contributed by atoms with van der Waals surface area (Å²) in [6.45, 7) is 5.51. The van der Waals surface area contributed by atoms with E-state index in [-0.39, 0.29) is 5.82 Å². The number of hydrogen-bond acceptors (Lipinski definition) is 2. The van der Waals surface area contributed by atoms with Crippen LogP contribution in [0.4, 0.5) is 4.39 Å². The first kappa shape index (κ1) is 16.4. The molecule has 118 valence electrons. The fraction of sp³-hybridized carbons (Fsp3) is 0.667. The number of nitrogens with zero attached hydrogens (tertiary/aromatic N) is 1. The van der Waals surface area contributed by atoms with Crippen molar-refractivity contribution in [3.63, 3.8) is 0 Å². The molecule has 0 saturated carbocycles. The van der Waals surface area contributed by atoms with E-state index in [0.717, 1.165) is 30.5 Å². The van der Waals surface area contributed by atoms with Crippen LogP contribution in [0.1, 0.15) is 50.3 Å². The molecule has 0 amide bonds. The molecule has 1 aromatic carbocycles. The molecule has 1 aliphatic rings. The van der Waals surface area contributed by atoms with E-state index in [4.69, 9.17) is 0 Å². The molecule has 1 aromatic rings. The summed E-state index contributed by atoms with van der Waals surface area (Å²) in [5.41, 5.74) is 2.08. The maximum absolute atomic E-state index is 13.8. The SMILES string of the molecule is CCC(CC)C(CNC1CCc2c(F)cccc21)N(C)C. The lowest BCUT2D eigenvalue weighted by atomic mass is 9.93. The molecule has 2 unspecified atom stereocenters. The molecule has 0 heterocycles. The topological polar surface area (TPSA) is 15.3 Å². The summed E-state index contributed by atoms with van der Waals surface area (Å²) in [7, 11) is 4.32. The Morgan fingerprint density at radius 2 is 2.00 bits per heavy atom. The van der Waals surface area contributed by atoms with E-state index in [1.165, 1.54) is 12.8 Å². The highest BCUT2D eigenvalue weighted by Gasteiger charge is 2.27. The summed E-state index contributed by atoms with van der Waals surface area (Å²) in [6.07, 6.45) is 4.28. The molecule has 1 N–H and O–H groups in total. The third-order valence-corrected chi connectivity index (χ3v) is 5.04. The van der Waals surface area contributed by atoms with Gasteiger partial charge in [-0.1, -0.05) is 38.8 Å². The minimum Gasteiger partial charge on any atom is -0.308 e. The average Bonchev–Trinajstić information content (AvgIpc) is 2.88. The Kier molecular flexibility index (Phi) is 5.77. The van der Waals surface area contributed by atoms with E-state index in [0.29, 0.717) is 18.0 Å². The van der Waals surface area contributed by atoms with Crippen molar-refractivity contribution in [2.45, 2.75) is 51.6 Å². The van der Waals surface area contributed by atoms with Gasteiger partial charge < -0.3 is 10.2 Å². The van der Waals surface area contributed by atoms with Crippen LogP contribution in [0.5, 0.6) is 0 Å². The van der Waals surface area contributed by atoms with Crippen LogP contribution in [-0.4, -0.2) is 31.6 Å². The van der Waals surface area contributed by atoms with Crippen molar-refractivity contribution in [3.05, 3.63) is 35.1 Å². The summed E-state index contributed by atoms with van der Waals surface area (Å²) >= 11 is 0. The maximum atomic E-state index is 13.8. The molecule has 2 atom stereocenters. The van der Waals surface area contributed by atoms with Gasteiger partial charge in [0.1, 0.15) is 5.82 Å². The first-order valence-electron chi connectivity index (χ1n) is 8.25. The van der Waals surface area contributed by atoms with E-state index < -0.39 is 0 Å². The van der Waals surface area contributed by atoms with E-state index in [2.05, 4.69) is 44.2 Å². The highest BCUT2D eigenvalue weighted by atomic mass is 19.1. The molecule has 0 radical (unpaired) electrons. The number of nitrogens with one attached hydrogen (secondary N) is 1. The van der Waals surface area contributed by atoms with Crippen LogP contribution >= 0.6 is 0 Å². The summed E-state index contributed by atoms with van der Waals surface area (Å²) in [5, 5.41) is 3.69. The van der Waals surface area contributed by atoms with Gasteiger partial charge in [-0.05, 0) is 50.0 Å². The summed E-state index contributed by atoms with van der Waals surface area (Å²) in [6, 6.07) is 6.34. The minimum atomic E-state index is -0.0408. The Bertz CT molecular complexity index is 455. The second kappa shape index (κ2) is 7.37. The predicted molar refractivity (Wildman–Crippen MR) is 87.0 cm³/mol. The smallest absolute Gasteiger partial charge is 0.126 e. The zero-order chi connectivity index (χ0) is 15.4. The third kappa shape index (κ3) is 3.64. The minimum absolute atomic E-state index is 0.0408. The van der Waals surface area contributed by atoms with Gasteiger partial charge in [-0.15, -0.1) is 0 Å². The van der Waals surface area contributed by atoms with Crippen molar-refractivity contribution in [1.82, 2.24) is 10.2 Å². The van der Waals surface area contributed by atoms with E-state index in [9.17, 15) is 4.39 Å². The van der Waals surface area contributed by atoms with Gasteiger partial charge >= 0.3 is 0 Å². The van der Waals surface area contributed by atoms with Crippen molar-refractivity contribution in [2.75, 3.05) is 20.6 Å². The van der Waals surface area contributed by atoms with Crippen LogP contribution in [0.15, 0.2) is 18.2 Å². The monoisotopic (exact) mass is 292 g/mol. The van der Waals surface area contributed by atoms with Crippen LogP contribution in [0.25, 0.3) is 0 Å². The van der Waals surface area contributed by atoms with E-state index in [1.54, 1.807) is 6.07 Å².